The second kappa shape index (κ2) is 8.16. The van der Waals surface area contributed by atoms with Crippen molar-refractivity contribution in [1.29, 1.82) is 0 Å². The van der Waals surface area contributed by atoms with Crippen molar-refractivity contribution in [3.8, 4) is 11.5 Å². The van der Waals surface area contributed by atoms with Gasteiger partial charge in [0.1, 0.15) is 26.4 Å². The highest BCUT2D eigenvalue weighted by molar-refractivity contribution is 7.89. The summed E-state index contributed by atoms with van der Waals surface area (Å²) in [6.45, 7) is 2.14. The van der Waals surface area contributed by atoms with E-state index < -0.39 is 22.5 Å². The standard InChI is InChI=1S/C18H18ClNO6S/c1-12-2-4-14(5-3-12)27(22,23)20-10-17(21)26-11-13-8-15(19)18-16(9-13)24-6-7-25-18/h2-5,8-9,20H,6-7,10-11H2,1H3. The van der Waals surface area contributed by atoms with Gasteiger partial charge in [-0.15, -0.1) is 0 Å². The van der Waals surface area contributed by atoms with Crippen molar-refractivity contribution >= 4 is 27.6 Å². The van der Waals surface area contributed by atoms with Crippen LogP contribution >= 0.6 is 11.6 Å². The Morgan fingerprint density at radius 2 is 1.89 bits per heavy atom. The third-order valence-corrected chi connectivity index (χ3v) is 5.49. The molecule has 1 aliphatic heterocycles. The molecule has 0 atom stereocenters. The molecule has 0 bridgehead atoms. The first-order valence-electron chi connectivity index (χ1n) is 8.15. The summed E-state index contributed by atoms with van der Waals surface area (Å²) >= 11 is 6.13. The molecule has 0 aromatic heterocycles. The average Bonchev–Trinajstić information content (AvgIpc) is 2.65. The molecule has 0 unspecified atom stereocenters. The number of sulfonamides is 1. The van der Waals surface area contributed by atoms with Crippen molar-refractivity contribution < 1.29 is 27.4 Å². The molecule has 1 N–H and O–H groups in total. The summed E-state index contributed by atoms with van der Waals surface area (Å²) in [7, 11) is -3.78. The maximum Gasteiger partial charge on any atom is 0.321 e. The number of benzene rings is 2. The fourth-order valence-electron chi connectivity index (χ4n) is 2.42. The molecule has 27 heavy (non-hydrogen) atoms. The van der Waals surface area contributed by atoms with Crippen LogP contribution in [0.1, 0.15) is 11.1 Å². The lowest BCUT2D eigenvalue weighted by Crippen LogP contribution is -2.30. The number of halogens is 1. The van der Waals surface area contributed by atoms with Crippen LogP contribution in [0.25, 0.3) is 0 Å². The Balaban J connectivity index is 1.55. The maximum atomic E-state index is 12.2. The summed E-state index contributed by atoms with van der Waals surface area (Å²) in [6, 6.07) is 9.58. The maximum absolute atomic E-state index is 12.2. The molecule has 0 amide bonds. The van der Waals surface area contributed by atoms with Crippen LogP contribution in [0, 0.1) is 6.92 Å². The zero-order valence-corrected chi connectivity index (χ0v) is 16.1. The van der Waals surface area contributed by atoms with E-state index in [2.05, 4.69) is 4.72 Å². The third kappa shape index (κ3) is 4.91. The summed E-state index contributed by atoms with van der Waals surface area (Å²) in [5.41, 5.74) is 1.55. The molecule has 0 radical (unpaired) electrons. The summed E-state index contributed by atoms with van der Waals surface area (Å²) < 4.78 is 42.5. The minimum Gasteiger partial charge on any atom is -0.486 e. The Morgan fingerprint density at radius 3 is 2.63 bits per heavy atom. The zero-order chi connectivity index (χ0) is 19.4. The van der Waals surface area contributed by atoms with E-state index >= 15 is 0 Å². The number of carbonyl (C=O) groups excluding carboxylic acids is 1. The van der Waals surface area contributed by atoms with Gasteiger partial charge in [-0.2, -0.15) is 4.72 Å². The van der Waals surface area contributed by atoms with E-state index in [9.17, 15) is 13.2 Å². The van der Waals surface area contributed by atoms with E-state index in [-0.39, 0.29) is 11.5 Å². The molecule has 1 aliphatic rings. The average molecular weight is 412 g/mol. The van der Waals surface area contributed by atoms with Gasteiger partial charge in [-0.1, -0.05) is 29.3 Å². The van der Waals surface area contributed by atoms with Crippen LogP contribution in [0.3, 0.4) is 0 Å². The lowest BCUT2D eigenvalue weighted by Gasteiger charge is -2.20. The molecule has 7 nitrogen and oxygen atoms in total. The van der Waals surface area contributed by atoms with E-state index in [1.807, 2.05) is 6.92 Å². The molecule has 3 rings (SSSR count). The fraction of sp³-hybridized carbons (Fsp3) is 0.278. The minimum absolute atomic E-state index is 0.0680. The second-order valence-corrected chi connectivity index (χ2v) is 8.07. The predicted octanol–water partition coefficient (Wildman–Crippen LogP) is 2.44. The van der Waals surface area contributed by atoms with Crippen LogP contribution in [0.15, 0.2) is 41.3 Å². The van der Waals surface area contributed by atoms with Gasteiger partial charge in [-0.25, -0.2) is 8.42 Å². The SMILES string of the molecule is Cc1ccc(S(=O)(=O)NCC(=O)OCc2cc(Cl)c3c(c2)OCCO3)cc1. The highest BCUT2D eigenvalue weighted by atomic mass is 35.5. The number of nitrogens with one attached hydrogen (secondary N) is 1. The lowest BCUT2D eigenvalue weighted by molar-refractivity contribution is -0.143. The van der Waals surface area contributed by atoms with E-state index in [4.69, 9.17) is 25.8 Å². The van der Waals surface area contributed by atoms with Gasteiger partial charge in [0, 0.05) is 0 Å². The highest BCUT2D eigenvalue weighted by Gasteiger charge is 2.18. The van der Waals surface area contributed by atoms with Crippen molar-refractivity contribution in [3.63, 3.8) is 0 Å². The normalized spacial score (nSPS) is 13.3. The van der Waals surface area contributed by atoms with Gasteiger partial charge in [0.25, 0.3) is 0 Å². The Labute approximate surface area is 162 Å². The summed E-state index contributed by atoms with van der Waals surface area (Å²) in [5, 5.41) is 0.360. The first kappa shape index (κ1) is 19.5. The summed E-state index contributed by atoms with van der Waals surface area (Å²) in [5.74, 6) is 0.237. The van der Waals surface area contributed by atoms with Crippen molar-refractivity contribution in [3.05, 3.63) is 52.5 Å². The van der Waals surface area contributed by atoms with Crippen LogP contribution in [-0.4, -0.2) is 34.1 Å². The molecule has 2 aromatic rings. The van der Waals surface area contributed by atoms with Gasteiger partial charge in [0.05, 0.1) is 9.92 Å². The van der Waals surface area contributed by atoms with Crippen LogP contribution in [-0.2, 0) is 26.2 Å². The Kier molecular flexibility index (Phi) is 5.88. The quantitative estimate of drug-likeness (QED) is 0.734. The van der Waals surface area contributed by atoms with Gasteiger partial charge in [-0.05, 0) is 36.8 Å². The number of hydrogen-bond donors (Lipinski definition) is 1. The first-order chi connectivity index (χ1) is 12.8. The largest absolute Gasteiger partial charge is 0.486 e. The Morgan fingerprint density at radius 1 is 1.19 bits per heavy atom. The summed E-state index contributed by atoms with van der Waals surface area (Å²) in [4.78, 5) is 12.0. The third-order valence-electron chi connectivity index (χ3n) is 3.79. The molecule has 0 fully saturated rings. The monoisotopic (exact) mass is 411 g/mol. The molecule has 0 aliphatic carbocycles. The molecule has 2 aromatic carbocycles. The molecule has 144 valence electrons. The molecule has 0 saturated heterocycles. The van der Waals surface area contributed by atoms with Gasteiger partial charge in [-0.3, -0.25) is 4.79 Å². The zero-order valence-electron chi connectivity index (χ0n) is 14.5. The number of ether oxygens (including phenoxy) is 3. The predicted molar refractivity (Wildman–Crippen MR) is 98.6 cm³/mol. The van der Waals surface area contributed by atoms with E-state index in [1.54, 1.807) is 24.3 Å². The van der Waals surface area contributed by atoms with Crippen molar-refractivity contribution in [1.82, 2.24) is 4.72 Å². The topological polar surface area (TPSA) is 90.9 Å². The molecule has 0 spiro atoms. The fourth-order valence-corrected chi connectivity index (χ4v) is 3.67. The second-order valence-electron chi connectivity index (χ2n) is 5.90. The molecular weight excluding hydrogens is 394 g/mol. The number of rotatable bonds is 6. The van der Waals surface area contributed by atoms with E-state index in [1.165, 1.54) is 12.1 Å². The van der Waals surface area contributed by atoms with Crippen molar-refractivity contribution in [2.45, 2.75) is 18.4 Å². The van der Waals surface area contributed by atoms with Crippen LogP contribution in [0.5, 0.6) is 11.5 Å². The number of fused-ring (bicyclic) bond motifs is 1. The number of carbonyl (C=O) groups is 1. The van der Waals surface area contributed by atoms with Gasteiger partial charge < -0.3 is 14.2 Å². The van der Waals surface area contributed by atoms with Crippen molar-refractivity contribution in [2.24, 2.45) is 0 Å². The smallest absolute Gasteiger partial charge is 0.321 e. The first-order valence-corrected chi connectivity index (χ1v) is 10.0. The Hall–Kier alpha value is -2.29. The van der Waals surface area contributed by atoms with Gasteiger partial charge in [0.2, 0.25) is 10.0 Å². The van der Waals surface area contributed by atoms with Gasteiger partial charge >= 0.3 is 5.97 Å². The molecule has 9 heteroatoms. The number of aryl methyl sites for hydroxylation is 1. The van der Waals surface area contributed by atoms with Gasteiger partial charge in [0.15, 0.2) is 11.5 Å². The number of hydrogen-bond acceptors (Lipinski definition) is 6. The molecular formula is C18H18ClNO6S. The van der Waals surface area contributed by atoms with E-state index in [0.29, 0.717) is 35.3 Å². The minimum atomic E-state index is -3.78. The lowest BCUT2D eigenvalue weighted by atomic mass is 10.2. The highest BCUT2D eigenvalue weighted by Crippen LogP contribution is 2.38. The van der Waals surface area contributed by atoms with Crippen molar-refractivity contribution in [2.75, 3.05) is 19.8 Å². The van der Waals surface area contributed by atoms with Crippen LogP contribution < -0.4 is 14.2 Å². The van der Waals surface area contributed by atoms with Crippen LogP contribution in [0.4, 0.5) is 0 Å². The summed E-state index contributed by atoms with van der Waals surface area (Å²) in [6.07, 6.45) is 0. The molecule has 1 heterocycles. The number of esters is 1. The molecule has 0 saturated carbocycles. The Bertz CT molecular complexity index is 943. The van der Waals surface area contributed by atoms with E-state index in [0.717, 1.165) is 5.56 Å². The van der Waals surface area contributed by atoms with Crippen LogP contribution in [0.2, 0.25) is 5.02 Å².